The molecule has 2 heterocycles. The summed E-state index contributed by atoms with van der Waals surface area (Å²) < 4.78 is 2.19. The Kier molecular flexibility index (Phi) is 6.00. The molecule has 0 bridgehead atoms. The van der Waals surface area contributed by atoms with Gasteiger partial charge in [-0.3, -0.25) is 14.5 Å². The van der Waals surface area contributed by atoms with Gasteiger partial charge < -0.3 is 20.1 Å². The monoisotopic (exact) mass is 425 g/mol. The Balaban J connectivity index is 1.34. The molecule has 1 aliphatic heterocycles. The van der Waals surface area contributed by atoms with Crippen molar-refractivity contribution in [3.05, 3.63) is 30.5 Å². The van der Waals surface area contributed by atoms with E-state index in [2.05, 4.69) is 26.3 Å². The van der Waals surface area contributed by atoms with E-state index in [1.165, 1.54) is 4.90 Å². The highest BCUT2D eigenvalue weighted by atomic mass is 16.2. The molecule has 8 nitrogen and oxygen atoms in total. The average Bonchev–Trinajstić information content (AvgIpc) is 3.24. The van der Waals surface area contributed by atoms with Crippen LogP contribution in [0.5, 0.6) is 0 Å². The van der Waals surface area contributed by atoms with Crippen LogP contribution in [0.2, 0.25) is 0 Å². The molecule has 1 spiro atoms. The molecule has 1 saturated carbocycles. The topological polar surface area (TPSA) is 86.7 Å². The lowest BCUT2D eigenvalue weighted by atomic mass is 9.82. The van der Waals surface area contributed by atoms with Crippen molar-refractivity contribution >= 4 is 34.4 Å². The van der Waals surface area contributed by atoms with E-state index in [1.807, 2.05) is 38.4 Å². The quantitative estimate of drug-likeness (QED) is 0.668. The van der Waals surface area contributed by atoms with Gasteiger partial charge in [0.15, 0.2) is 0 Å². The number of benzene rings is 1. The van der Waals surface area contributed by atoms with Crippen molar-refractivity contribution in [1.29, 1.82) is 0 Å². The van der Waals surface area contributed by atoms with Gasteiger partial charge in [0.1, 0.15) is 5.54 Å². The number of nitrogens with one attached hydrogen (secondary N) is 2. The van der Waals surface area contributed by atoms with Gasteiger partial charge in [-0.25, -0.2) is 4.79 Å². The van der Waals surface area contributed by atoms with E-state index in [0.29, 0.717) is 18.5 Å². The maximum atomic E-state index is 12.8. The first-order valence-electron chi connectivity index (χ1n) is 11.1. The van der Waals surface area contributed by atoms with Crippen LogP contribution in [-0.2, 0) is 16.1 Å². The van der Waals surface area contributed by atoms with E-state index >= 15 is 0 Å². The summed E-state index contributed by atoms with van der Waals surface area (Å²) >= 11 is 0. The Morgan fingerprint density at radius 2 is 1.90 bits per heavy atom. The summed E-state index contributed by atoms with van der Waals surface area (Å²) in [4.78, 5) is 41.0. The average molecular weight is 426 g/mol. The maximum Gasteiger partial charge on any atom is 0.325 e. The second kappa shape index (κ2) is 8.70. The number of rotatable bonds is 7. The second-order valence-corrected chi connectivity index (χ2v) is 8.91. The molecule has 2 N–H and O–H groups in total. The van der Waals surface area contributed by atoms with Crippen molar-refractivity contribution < 1.29 is 14.4 Å². The molecule has 2 fully saturated rings. The van der Waals surface area contributed by atoms with E-state index in [1.54, 1.807) is 0 Å². The fraction of sp³-hybridized carbons (Fsp3) is 0.522. The highest BCUT2D eigenvalue weighted by molar-refractivity contribution is 6.07. The summed E-state index contributed by atoms with van der Waals surface area (Å²) in [5.41, 5.74) is 1.09. The van der Waals surface area contributed by atoms with Gasteiger partial charge in [0.05, 0.1) is 0 Å². The zero-order valence-corrected chi connectivity index (χ0v) is 18.3. The van der Waals surface area contributed by atoms with Crippen LogP contribution in [0.25, 0.3) is 10.9 Å². The van der Waals surface area contributed by atoms with Crippen LogP contribution in [-0.4, -0.2) is 64.9 Å². The molecule has 0 radical (unpaired) electrons. The van der Waals surface area contributed by atoms with Gasteiger partial charge in [0.2, 0.25) is 5.91 Å². The molecule has 2 aliphatic rings. The van der Waals surface area contributed by atoms with E-state index < -0.39 is 5.54 Å². The Bertz CT molecular complexity index is 990. The van der Waals surface area contributed by atoms with Crippen LogP contribution in [0, 0.1) is 0 Å². The van der Waals surface area contributed by atoms with E-state index in [-0.39, 0.29) is 30.8 Å². The number of nitrogens with zero attached hydrogens (tertiary/aromatic N) is 3. The van der Waals surface area contributed by atoms with Crippen molar-refractivity contribution in [3.8, 4) is 0 Å². The van der Waals surface area contributed by atoms with Crippen molar-refractivity contribution in [2.24, 2.45) is 0 Å². The molecular formula is C23H31N5O3. The number of aromatic nitrogens is 1. The predicted molar refractivity (Wildman–Crippen MR) is 120 cm³/mol. The number of hydrogen-bond acceptors (Lipinski definition) is 4. The molecule has 1 saturated heterocycles. The molecule has 4 amide bonds. The number of imide groups is 1. The molecular weight excluding hydrogens is 394 g/mol. The smallest absolute Gasteiger partial charge is 0.325 e. The van der Waals surface area contributed by atoms with E-state index in [0.717, 1.165) is 43.3 Å². The minimum atomic E-state index is -0.739. The third-order valence-corrected chi connectivity index (χ3v) is 6.36. The largest absolute Gasteiger partial charge is 0.346 e. The van der Waals surface area contributed by atoms with Crippen LogP contribution < -0.4 is 10.6 Å². The molecule has 0 unspecified atom stereocenters. The highest BCUT2D eigenvalue weighted by Gasteiger charge is 2.51. The molecule has 1 aromatic heterocycles. The van der Waals surface area contributed by atoms with Gasteiger partial charge in [-0.05, 0) is 51.2 Å². The van der Waals surface area contributed by atoms with Gasteiger partial charge in [0.25, 0.3) is 5.91 Å². The zero-order valence-electron chi connectivity index (χ0n) is 18.3. The fourth-order valence-corrected chi connectivity index (χ4v) is 4.59. The number of anilines is 1. The second-order valence-electron chi connectivity index (χ2n) is 8.91. The predicted octanol–water partition coefficient (Wildman–Crippen LogP) is 2.79. The number of likely N-dealkylation sites (N-methyl/N-ethyl adjacent to an activating group) is 1. The zero-order chi connectivity index (χ0) is 22.0. The lowest BCUT2D eigenvalue weighted by molar-refractivity contribution is -0.132. The Morgan fingerprint density at radius 3 is 2.65 bits per heavy atom. The molecule has 1 aromatic carbocycles. The van der Waals surface area contributed by atoms with Crippen molar-refractivity contribution in [2.45, 2.75) is 50.6 Å². The molecule has 166 valence electrons. The first-order valence-corrected chi connectivity index (χ1v) is 11.1. The maximum absolute atomic E-state index is 12.8. The SMILES string of the molecule is CN(C)CCn1ccc2cc(NC(=O)CCN3C(=O)NC4(CCCCC4)C3=O)ccc21. The van der Waals surface area contributed by atoms with Gasteiger partial charge in [-0.15, -0.1) is 0 Å². The summed E-state index contributed by atoms with van der Waals surface area (Å²) in [6.45, 7) is 1.95. The third kappa shape index (κ3) is 4.44. The van der Waals surface area contributed by atoms with Crippen molar-refractivity contribution in [2.75, 3.05) is 32.5 Å². The normalized spacial score (nSPS) is 18.2. The number of fused-ring (bicyclic) bond motifs is 1. The first kappa shape index (κ1) is 21.4. The molecule has 0 atom stereocenters. The van der Waals surface area contributed by atoms with Gasteiger partial charge in [0, 0.05) is 48.8 Å². The molecule has 2 aromatic rings. The first-order chi connectivity index (χ1) is 14.9. The molecule has 8 heteroatoms. The summed E-state index contributed by atoms with van der Waals surface area (Å²) in [5, 5.41) is 6.83. The standard InChI is InChI=1S/C23H31N5O3/c1-26(2)14-15-27-12-8-17-16-18(6-7-19(17)27)24-20(29)9-13-28-21(30)23(25-22(28)31)10-4-3-5-11-23/h6-8,12,16H,3-5,9-11,13-15H2,1-2H3,(H,24,29)(H,25,31). The molecule has 31 heavy (non-hydrogen) atoms. The summed E-state index contributed by atoms with van der Waals surface area (Å²) in [6, 6.07) is 7.50. The number of carbonyl (C=O) groups is 3. The minimum Gasteiger partial charge on any atom is -0.346 e. The summed E-state index contributed by atoms with van der Waals surface area (Å²) in [6.07, 6.45) is 6.49. The van der Waals surface area contributed by atoms with Crippen LogP contribution >= 0.6 is 0 Å². The fourth-order valence-electron chi connectivity index (χ4n) is 4.59. The number of hydrogen-bond donors (Lipinski definition) is 2. The van der Waals surface area contributed by atoms with Crippen molar-refractivity contribution in [3.63, 3.8) is 0 Å². The lowest BCUT2D eigenvalue weighted by Gasteiger charge is -2.30. The van der Waals surface area contributed by atoms with Gasteiger partial charge >= 0.3 is 6.03 Å². The Morgan fingerprint density at radius 1 is 1.13 bits per heavy atom. The molecule has 4 rings (SSSR count). The number of urea groups is 1. The number of carbonyl (C=O) groups excluding carboxylic acids is 3. The van der Waals surface area contributed by atoms with Gasteiger partial charge in [-0.2, -0.15) is 0 Å². The van der Waals surface area contributed by atoms with Crippen molar-refractivity contribution in [1.82, 2.24) is 19.7 Å². The Hall–Kier alpha value is -2.87. The van der Waals surface area contributed by atoms with Gasteiger partial charge in [-0.1, -0.05) is 19.3 Å². The Labute approximate surface area is 182 Å². The minimum absolute atomic E-state index is 0.0805. The highest BCUT2D eigenvalue weighted by Crippen LogP contribution is 2.33. The number of amides is 4. The van der Waals surface area contributed by atoms with E-state index in [4.69, 9.17) is 0 Å². The summed E-state index contributed by atoms with van der Waals surface area (Å²) in [5.74, 6) is -0.387. The molecule has 1 aliphatic carbocycles. The summed E-state index contributed by atoms with van der Waals surface area (Å²) in [7, 11) is 4.10. The lowest BCUT2D eigenvalue weighted by Crippen LogP contribution is -2.48. The van der Waals surface area contributed by atoms with Crippen LogP contribution in [0.4, 0.5) is 10.5 Å². The van der Waals surface area contributed by atoms with Crippen LogP contribution in [0.15, 0.2) is 30.5 Å². The van der Waals surface area contributed by atoms with Crippen LogP contribution in [0.3, 0.4) is 0 Å². The van der Waals surface area contributed by atoms with Crippen LogP contribution in [0.1, 0.15) is 38.5 Å². The third-order valence-electron chi connectivity index (χ3n) is 6.36. The van der Waals surface area contributed by atoms with E-state index in [9.17, 15) is 14.4 Å².